The van der Waals surface area contributed by atoms with Gasteiger partial charge in [-0.05, 0) is 25.8 Å². The van der Waals surface area contributed by atoms with Gasteiger partial charge in [0, 0.05) is 12.6 Å². The zero-order valence-electron chi connectivity index (χ0n) is 10.4. The second kappa shape index (κ2) is 6.30. The summed E-state index contributed by atoms with van der Waals surface area (Å²) in [7, 11) is 0. The number of benzene rings is 1. The van der Waals surface area contributed by atoms with E-state index in [0.717, 1.165) is 13.0 Å². The molecule has 2 heteroatoms. The first-order valence-electron chi connectivity index (χ1n) is 5.83. The van der Waals surface area contributed by atoms with Crippen LogP contribution in [-0.4, -0.2) is 6.04 Å². The van der Waals surface area contributed by atoms with Crippen LogP contribution in [-0.2, 0) is 6.54 Å². The molecule has 0 fully saturated rings. The van der Waals surface area contributed by atoms with Gasteiger partial charge in [-0.2, -0.15) is 5.26 Å². The van der Waals surface area contributed by atoms with E-state index < -0.39 is 0 Å². The van der Waals surface area contributed by atoms with E-state index in [1.165, 1.54) is 16.7 Å². The molecule has 1 atom stereocenters. The third kappa shape index (κ3) is 4.04. The lowest BCUT2D eigenvalue weighted by Gasteiger charge is -2.14. The van der Waals surface area contributed by atoms with Gasteiger partial charge in [-0.1, -0.05) is 36.2 Å². The average molecular weight is 216 g/mol. The van der Waals surface area contributed by atoms with Crippen molar-refractivity contribution in [3.8, 4) is 6.07 Å². The summed E-state index contributed by atoms with van der Waals surface area (Å²) >= 11 is 0. The van der Waals surface area contributed by atoms with Gasteiger partial charge in [0.25, 0.3) is 0 Å². The molecule has 1 unspecified atom stereocenters. The molecule has 0 spiro atoms. The van der Waals surface area contributed by atoms with Gasteiger partial charge in [-0.3, -0.25) is 0 Å². The van der Waals surface area contributed by atoms with Crippen LogP contribution in [0.4, 0.5) is 0 Å². The van der Waals surface area contributed by atoms with Crippen LogP contribution < -0.4 is 5.32 Å². The van der Waals surface area contributed by atoms with Gasteiger partial charge >= 0.3 is 0 Å². The van der Waals surface area contributed by atoms with Crippen molar-refractivity contribution in [2.75, 3.05) is 0 Å². The van der Waals surface area contributed by atoms with E-state index in [0.29, 0.717) is 12.5 Å². The standard InChI is InChI=1S/C14H20N2/c1-4-14(5-6-15)16-10-13-8-11(2)7-12(3)9-13/h7-9,14,16H,4-5,10H2,1-3H3. The van der Waals surface area contributed by atoms with E-state index in [9.17, 15) is 0 Å². The molecule has 0 saturated heterocycles. The van der Waals surface area contributed by atoms with Gasteiger partial charge < -0.3 is 5.32 Å². The van der Waals surface area contributed by atoms with Gasteiger partial charge in [0.1, 0.15) is 0 Å². The Morgan fingerprint density at radius 1 is 1.25 bits per heavy atom. The predicted molar refractivity (Wildman–Crippen MR) is 67.1 cm³/mol. The Kier molecular flexibility index (Phi) is 5.01. The molecule has 0 amide bonds. The zero-order valence-corrected chi connectivity index (χ0v) is 10.4. The summed E-state index contributed by atoms with van der Waals surface area (Å²) in [6, 6.07) is 9.09. The second-order valence-electron chi connectivity index (χ2n) is 4.34. The molecule has 0 aromatic heterocycles. The van der Waals surface area contributed by atoms with Crippen LogP contribution in [0, 0.1) is 25.2 Å². The summed E-state index contributed by atoms with van der Waals surface area (Å²) in [6.45, 7) is 7.19. The third-order valence-corrected chi connectivity index (χ3v) is 2.71. The van der Waals surface area contributed by atoms with E-state index in [1.807, 2.05) is 0 Å². The van der Waals surface area contributed by atoms with Crippen LogP contribution in [0.25, 0.3) is 0 Å². The van der Waals surface area contributed by atoms with E-state index in [-0.39, 0.29) is 0 Å². The van der Waals surface area contributed by atoms with Crippen molar-refractivity contribution in [2.24, 2.45) is 0 Å². The van der Waals surface area contributed by atoms with E-state index in [4.69, 9.17) is 5.26 Å². The highest BCUT2D eigenvalue weighted by Crippen LogP contribution is 2.09. The van der Waals surface area contributed by atoms with Crippen LogP contribution >= 0.6 is 0 Å². The predicted octanol–water partition coefficient (Wildman–Crippen LogP) is 3.09. The Labute approximate surface area is 98.3 Å². The van der Waals surface area contributed by atoms with E-state index in [2.05, 4.69) is 50.4 Å². The maximum Gasteiger partial charge on any atom is 0.0638 e. The van der Waals surface area contributed by atoms with Gasteiger partial charge in [-0.15, -0.1) is 0 Å². The monoisotopic (exact) mass is 216 g/mol. The number of hydrogen-bond acceptors (Lipinski definition) is 2. The van der Waals surface area contributed by atoms with Gasteiger partial charge in [0.2, 0.25) is 0 Å². The smallest absolute Gasteiger partial charge is 0.0638 e. The summed E-state index contributed by atoms with van der Waals surface area (Å²) in [6.07, 6.45) is 1.58. The number of nitriles is 1. The first kappa shape index (κ1) is 12.7. The van der Waals surface area contributed by atoms with Crippen molar-refractivity contribution >= 4 is 0 Å². The molecule has 0 aliphatic carbocycles. The highest BCUT2D eigenvalue weighted by Gasteiger charge is 2.04. The molecule has 16 heavy (non-hydrogen) atoms. The Hall–Kier alpha value is -1.33. The summed E-state index contributed by atoms with van der Waals surface area (Å²) in [4.78, 5) is 0. The fraction of sp³-hybridized carbons (Fsp3) is 0.500. The number of nitrogens with one attached hydrogen (secondary N) is 1. The second-order valence-corrected chi connectivity index (χ2v) is 4.34. The lowest BCUT2D eigenvalue weighted by Crippen LogP contribution is -2.27. The minimum Gasteiger partial charge on any atom is -0.309 e. The Bertz CT molecular complexity index is 357. The fourth-order valence-corrected chi connectivity index (χ4v) is 1.90. The highest BCUT2D eigenvalue weighted by atomic mass is 14.9. The molecule has 1 rings (SSSR count). The molecule has 0 aliphatic heterocycles. The molecule has 1 aromatic carbocycles. The van der Waals surface area contributed by atoms with Crippen LogP contribution in [0.3, 0.4) is 0 Å². The summed E-state index contributed by atoms with van der Waals surface area (Å²) in [5, 5.41) is 12.1. The van der Waals surface area contributed by atoms with Crippen molar-refractivity contribution in [1.82, 2.24) is 5.32 Å². The van der Waals surface area contributed by atoms with Crippen molar-refractivity contribution in [3.05, 3.63) is 34.9 Å². The highest BCUT2D eigenvalue weighted by molar-refractivity contribution is 5.28. The Balaban J connectivity index is 2.57. The molecule has 0 aliphatic rings. The maximum absolute atomic E-state index is 8.66. The van der Waals surface area contributed by atoms with Crippen molar-refractivity contribution in [1.29, 1.82) is 5.26 Å². The zero-order chi connectivity index (χ0) is 12.0. The number of rotatable bonds is 5. The minimum absolute atomic E-state index is 0.311. The average Bonchev–Trinajstić information content (AvgIpc) is 2.23. The minimum atomic E-state index is 0.311. The van der Waals surface area contributed by atoms with Crippen LogP contribution in [0.5, 0.6) is 0 Å². The molecular formula is C14H20N2. The summed E-state index contributed by atoms with van der Waals surface area (Å²) < 4.78 is 0. The quantitative estimate of drug-likeness (QED) is 0.821. The Morgan fingerprint density at radius 2 is 1.88 bits per heavy atom. The molecule has 0 bridgehead atoms. The van der Waals surface area contributed by atoms with Gasteiger partial charge in [-0.25, -0.2) is 0 Å². The largest absolute Gasteiger partial charge is 0.309 e. The number of nitrogens with zero attached hydrogens (tertiary/aromatic N) is 1. The first-order chi connectivity index (χ1) is 7.65. The number of aryl methyl sites for hydroxylation is 2. The normalized spacial score (nSPS) is 12.1. The first-order valence-corrected chi connectivity index (χ1v) is 5.83. The van der Waals surface area contributed by atoms with E-state index in [1.54, 1.807) is 0 Å². The Morgan fingerprint density at radius 3 is 2.38 bits per heavy atom. The topological polar surface area (TPSA) is 35.8 Å². The maximum atomic E-state index is 8.66. The van der Waals surface area contributed by atoms with Crippen molar-refractivity contribution in [3.63, 3.8) is 0 Å². The molecule has 0 radical (unpaired) electrons. The number of hydrogen-bond donors (Lipinski definition) is 1. The SMILES string of the molecule is CCC(CC#N)NCc1cc(C)cc(C)c1. The summed E-state index contributed by atoms with van der Waals surface area (Å²) in [5.41, 5.74) is 3.89. The van der Waals surface area contributed by atoms with Crippen molar-refractivity contribution < 1.29 is 0 Å². The third-order valence-electron chi connectivity index (χ3n) is 2.71. The molecule has 1 N–H and O–H groups in total. The lowest BCUT2D eigenvalue weighted by atomic mass is 10.1. The molecule has 0 saturated carbocycles. The van der Waals surface area contributed by atoms with Crippen LogP contribution in [0.2, 0.25) is 0 Å². The van der Waals surface area contributed by atoms with Gasteiger partial charge in [0.15, 0.2) is 0 Å². The van der Waals surface area contributed by atoms with Crippen LogP contribution in [0.1, 0.15) is 36.5 Å². The van der Waals surface area contributed by atoms with E-state index >= 15 is 0 Å². The molecule has 2 nitrogen and oxygen atoms in total. The lowest BCUT2D eigenvalue weighted by molar-refractivity contribution is 0.505. The fourth-order valence-electron chi connectivity index (χ4n) is 1.90. The summed E-state index contributed by atoms with van der Waals surface area (Å²) in [5.74, 6) is 0. The molecular weight excluding hydrogens is 196 g/mol. The molecule has 0 heterocycles. The van der Waals surface area contributed by atoms with Crippen LogP contribution in [0.15, 0.2) is 18.2 Å². The molecule has 1 aromatic rings. The van der Waals surface area contributed by atoms with Gasteiger partial charge in [0.05, 0.1) is 12.5 Å². The molecule has 86 valence electrons. The van der Waals surface area contributed by atoms with Crippen molar-refractivity contribution in [2.45, 2.75) is 46.2 Å².